The number of rotatable bonds is 7. The molecule has 0 bridgehead atoms. The fourth-order valence-electron chi connectivity index (χ4n) is 3.54. The van der Waals surface area contributed by atoms with Crippen molar-refractivity contribution in [1.29, 1.82) is 0 Å². The lowest BCUT2D eigenvalue weighted by Crippen LogP contribution is -2.18. The van der Waals surface area contributed by atoms with Gasteiger partial charge in [-0.2, -0.15) is 5.10 Å². The average Bonchev–Trinajstić information content (AvgIpc) is 2.89. The van der Waals surface area contributed by atoms with Gasteiger partial charge >= 0.3 is 5.97 Å². The topological polar surface area (TPSA) is 86.2 Å². The normalized spacial score (nSPS) is 10.8. The van der Waals surface area contributed by atoms with Gasteiger partial charge in [-0.3, -0.25) is 4.79 Å². The lowest BCUT2D eigenvalue weighted by molar-refractivity contribution is 0.0734. The number of carbonyl (C=O) groups excluding carboxylic acids is 2. The summed E-state index contributed by atoms with van der Waals surface area (Å²) in [6, 6.07) is 23.2. The van der Waals surface area contributed by atoms with Crippen molar-refractivity contribution in [3.63, 3.8) is 0 Å². The molecule has 35 heavy (non-hydrogen) atoms. The molecule has 1 N–H and O–H groups in total. The van der Waals surface area contributed by atoms with Crippen LogP contribution in [0.25, 0.3) is 10.8 Å². The van der Waals surface area contributed by atoms with Crippen molar-refractivity contribution in [1.82, 2.24) is 5.43 Å². The van der Waals surface area contributed by atoms with E-state index >= 15 is 0 Å². The SMILES string of the molecule is COc1ccc(C(=O)N/N=C\c2c(OC(=O)c3ccc(C)cc3)ccc3ccccc23)cc1OC. The molecule has 0 saturated carbocycles. The largest absolute Gasteiger partial charge is 0.493 e. The third-order valence-corrected chi connectivity index (χ3v) is 5.43. The summed E-state index contributed by atoms with van der Waals surface area (Å²) in [5, 5.41) is 5.90. The van der Waals surface area contributed by atoms with Crippen LogP contribution < -0.4 is 19.6 Å². The first-order valence-corrected chi connectivity index (χ1v) is 10.9. The van der Waals surface area contributed by atoms with Gasteiger partial charge in [0.05, 0.1) is 26.0 Å². The van der Waals surface area contributed by atoms with Gasteiger partial charge in [0, 0.05) is 11.1 Å². The molecule has 7 nitrogen and oxygen atoms in total. The Hall–Kier alpha value is -4.65. The van der Waals surface area contributed by atoms with Gasteiger partial charge in [-0.1, -0.05) is 48.0 Å². The van der Waals surface area contributed by atoms with E-state index in [4.69, 9.17) is 14.2 Å². The van der Waals surface area contributed by atoms with Gasteiger partial charge in [-0.15, -0.1) is 0 Å². The number of fused-ring (bicyclic) bond motifs is 1. The Labute approximate surface area is 202 Å². The van der Waals surface area contributed by atoms with Crippen LogP contribution in [0.2, 0.25) is 0 Å². The molecule has 4 aromatic carbocycles. The fourth-order valence-corrected chi connectivity index (χ4v) is 3.54. The summed E-state index contributed by atoms with van der Waals surface area (Å²) in [4.78, 5) is 25.4. The average molecular weight is 469 g/mol. The number of methoxy groups -OCH3 is 2. The molecule has 0 aliphatic carbocycles. The molecule has 0 aromatic heterocycles. The summed E-state index contributed by atoms with van der Waals surface area (Å²) >= 11 is 0. The van der Waals surface area contributed by atoms with Crippen LogP contribution in [0, 0.1) is 6.92 Å². The van der Waals surface area contributed by atoms with Crippen LogP contribution >= 0.6 is 0 Å². The van der Waals surface area contributed by atoms with E-state index in [1.807, 2.05) is 49.4 Å². The molecule has 4 rings (SSSR count). The summed E-state index contributed by atoms with van der Waals surface area (Å²) in [6.45, 7) is 1.95. The number of nitrogens with zero attached hydrogens (tertiary/aromatic N) is 1. The number of ether oxygens (including phenoxy) is 3. The first-order chi connectivity index (χ1) is 17.0. The third kappa shape index (κ3) is 5.30. The maximum absolute atomic E-state index is 12.7. The van der Waals surface area contributed by atoms with Crippen LogP contribution in [-0.4, -0.2) is 32.3 Å². The van der Waals surface area contributed by atoms with E-state index in [0.717, 1.165) is 16.3 Å². The minimum absolute atomic E-state index is 0.332. The van der Waals surface area contributed by atoms with Gasteiger partial charge in [0.15, 0.2) is 11.5 Å². The van der Waals surface area contributed by atoms with Gasteiger partial charge in [-0.25, -0.2) is 10.2 Å². The highest BCUT2D eigenvalue weighted by molar-refractivity contribution is 6.04. The van der Waals surface area contributed by atoms with Crippen molar-refractivity contribution < 1.29 is 23.8 Å². The number of carbonyl (C=O) groups is 2. The Balaban J connectivity index is 1.60. The minimum atomic E-state index is -0.482. The molecule has 176 valence electrons. The first kappa shape index (κ1) is 23.5. The second-order valence-corrected chi connectivity index (χ2v) is 7.72. The molecule has 0 spiro atoms. The lowest BCUT2D eigenvalue weighted by atomic mass is 10.0. The van der Waals surface area contributed by atoms with Crippen molar-refractivity contribution in [2.45, 2.75) is 6.92 Å². The molecular weight excluding hydrogens is 444 g/mol. The number of hydrogen-bond acceptors (Lipinski definition) is 6. The Kier molecular flexibility index (Phi) is 7.07. The zero-order valence-corrected chi connectivity index (χ0v) is 19.6. The van der Waals surface area contributed by atoms with E-state index in [9.17, 15) is 9.59 Å². The summed E-state index contributed by atoms with van der Waals surface area (Å²) in [5.41, 5.74) is 4.91. The van der Waals surface area contributed by atoms with E-state index in [1.165, 1.54) is 20.4 Å². The number of benzene rings is 4. The molecular formula is C28H24N2O5. The highest BCUT2D eigenvalue weighted by Gasteiger charge is 2.14. The van der Waals surface area contributed by atoms with Crippen LogP contribution in [0.4, 0.5) is 0 Å². The van der Waals surface area contributed by atoms with Crippen LogP contribution in [-0.2, 0) is 0 Å². The Morgan fingerprint density at radius 2 is 1.49 bits per heavy atom. The lowest BCUT2D eigenvalue weighted by Gasteiger charge is -2.11. The first-order valence-electron chi connectivity index (χ1n) is 10.9. The summed E-state index contributed by atoms with van der Waals surface area (Å²) in [7, 11) is 3.02. The van der Waals surface area contributed by atoms with E-state index in [0.29, 0.717) is 33.9 Å². The number of hydrazone groups is 1. The standard InChI is InChI=1S/C28H24N2O5/c1-18-8-10-20(11-9-18)28(32)35-24-14-12-19-6-4-5-7-22(19)23(24)17-29-30-27(31)21-13-15-25(33-2)26(16-21)34-3/h4-17H,1-3H3,(H,30,31)/b29-17-. The predicted molar refractivity (Wildman–Crippen MR) is 135 cm³/mol. The fraction of sp³-hybridized carbons (Fsp3) is 0.107. The molecule has 0 saturated heterocycles. The van der Waals surface area contributed by atoms with Crippen LogP contribution in [0.15, 0.2) is 84.0 Å². The van der Waals surface area contributed by atoms with Crippen molar-refractivity contribution in [2.75, 3.05) is 14.2 Å². The molecule has 7 heteroatoms. The van der Waals surface area contributed by atoms with Gasteiger partial charge < -0.3 is 14.2 Å². The monoisotopic (exact) mass is 468 g/mol. The third-order valence-electron chi connectivity index (χ3n) is 5.43. The highest BCUT2D eigenvalue weighted by atomic mass is 16.5. The second kappa shape index (κ2) is 10.5. The molecule has 0 unspecified atom stereocenters. The zero-order chi connectivity index (χ0) is 24.8. The smallest absolute Gasteiger partial charge is 0.343 e. The maximum Gasteiger partial charge on any atom is 0.343 e. The summed E-state index contributed by atoms with van der Waals surface area (Å²) in [6.07, 6.45) is 1.47. The minimum Gasteiger partial charge on any atom is -0.493 e. The molecule has 0 atom stereocenters. The van der Waals surface area contributed by atoms with Gasteiger partial charge in [0.1, 0.15) is 5.75 Å². The van der Waals surface area contributed by atoms with Gasteiger partial charge in [-0.05, 0) is 54.1 Å². The van der Waals surface area contributed by atoms with E-state index in [-0.39, 0.29) is 0 Å². The molecule has 4 aromatic rings. The predicted octanol–water partition coefficient (Wildman–Crippen LogP) is 5.15. The molecule has 0 fully saturated rings. The Bertz CT molecular complexity index is 1410. The highest BCUT2D eigenvalue weighted by Crippen LogP contribution is 2.28. The van der Waals surface area contributed by atoms with Crippen molar-refractivity contribution in [3.8, 4) is 17.2 Å². The van der Waals surface area contributed by atoms with Gasteiger partial charge in [0.2, 0.25) is 0 Å². The quantitative estimate of drug-likeness (QED) is 0.175. The molecule has 0 radical (unpaired) electrons. The molecule has 1 amide bonds. The van der Waals surface area contributed by atoms with Crippen molar-refractivity contribution >= 4 is 28.9 Å². The number of esters is 1. The second-order valence-electron chi connectivity index (χ2n) is 7.72. The number of nitrogens with one attached hydrogen (secondary N) is 1. The van der Waals surface area contributed by atoms with Gasteiger partial charge in [0.25, 0.3) is 5.91 Å². The Morgan fingerprint density at radius 3 is 2.23 bits per heavy atom. The van der Waals surface area contributed by atoms with Crippen molar-refractivity contribution in [2.24, 2.45) is 5.10 Å². The van der Waals surface area contributed by atoms with Crippen LogP contribution in [0.1, 0.15) is 31.8 Å². The maximum atomic E-state index is 12.7. The number of amides is 1. The number of hydrogen-bond donors (Lipinski definition) is 1. The molecule has 0 aliphatic rings. The number of aryl methyl sites for hydroxylation is 1. The molecule has 0 aliphatic heterocycles. The van der Waals surface area contributed by atoms with E-state index < -0.39 is 11.9 Å². The van der Waals surface area contributed by atoms with Crippen LogP contribution in [0.3, 0.4) is 0 Å². The van der Waals surface area contributed by atoms with E-state index in [2.05, 4.69) is 10.5 Å². The van der Waals surface area contributed by atoms with E-state index in [1.54, 1.807) is 36.4 Å². The zero-order valence-electron chi connectivity index (χ0n) is 19.6. The van der Waals surface area contributed by atoms with Crippen LogP contribution in [0.5, 0.6) is 17.2 Å². The summed E-state index contributed by atoms with van der Waals surface area (Å²) in [5.74, 6) is 0.371. The molecule has 0 heterocycles. The Morgan fingerprint density at radius 1 is 0.800 bits per heavy atom. The van der Waals surface area contributed by atoms with Crippen molar-refractivity contribution in [3.05, 3.63) is 101 Å². The summed E-state index contributed by atoms with van der Waals surface area (Å²) < 4.78 is 16.2.